The summed E-state index contributed by atoms with van der Waals surface area (Å²) in [5.41, 5.74) is 2.33. The van der Waals surface area contributed by atoms with Crippen LogP contribution in [0, 0.1) is 11.8 Å². The standard InChI is InChI=1S/C17H25NOS/c1-15(11-13-20-3)18(2)14-17-10-5-4-8-16(17)9-6-7-12-19/h4-5,8,10,15,19H,7,11-14H2,1-3H3. The molecule has 0 bridgehead atoms. The van der Waals surface area contributed by atoms with Gasteiger partial charge in [0.1, 0.15) is 0 Å². The molecule has 0 spiro atoms. The van der Waals surface area contributed by atoms with Gasteiger partial charge in [-0.2, -0.15) is 11.8 Å². The van der Waals surface area contributed by atoms with E-state index in [-0.39, 0.29) is 6.61 Å². The van der Waals surface area contributed by atoms with Crippen LogP contribution >= 0.6 is 11.8 Å². The van der Waals surface area contributed by atoms with Gasteiger partial charge in [0.2, 0.25) is 0 Å². The summed E-state index contributed by atoms with van der Waals surface area (Å²) in [4.78, 5) is 2.38. The molecule has 0 saturated heterocycles. The van der Waals surface area contributed by atoms with Crippen LogP contribution in [0.1, 0.15) is 30.9 Å². The zero-order chi connectivity index (χ0) is 14.8. The van der Waals surface area contributed by atoms with Gasteiger partial charge in [-0.3, -0.25) is 4.90 Å². The van der Waals surface area contributed by atoms with E-state index in [1.54, 1.807) is 0 Å². The van der Waals surface area contributed by atoms with E-state index in [1.165, 1.54) is 17.7 Å². The number of aliphatic hydroxyl groups excluding tert-OH is 1. The number of aliphatic hydroxyl groups is 1. The second-order valence-electron chi connectivity index (χ2n) is 4.98. The number of hydrogen-bond donors (Lipinski definition) is 1. The molecule has 20 heavy (non-hydrogen) atoms. The van der Waals surface area contributed by atoms with Gasteiger partial charge in [0.15, 0.2) is 0 Å². The molecule has 2 nitrogen and oxygen atoms in total. The normalized spacial score (nSPS) is 12.1. The van der Waals surface area contributed by atoms with Crippen molar-refractivity contribution >= 4 is 11.8 Å². The summed E-state index contributed by atoms with van der Waals surface area (Å²) in [7, 11) is 2.17. The summed E-state index contributed by atoms with van der Waals surface area (Å²) in [6, 6.07) is 8.85. The molecule has 0 aromatic heterocycles. The molecule has 3 heteroatoms. The molecule has 1 atom stereocenters. The van der Waals surface area contributed by atoms with Crippen molar-refractivity contribution in [3.63, 3.8) is 0 Å². The maximum atomic E-state index is 8.80. The van der Waals surface area contributed by atoms with E-state index < -0.39 is 0 Å². The molecular formula is C17H25NOS. The predicted octanol–water partition coefficient (Wildman–Crippen LogP) is 2.99. The Balaban J connectivity index is 2.69. The van der Waals surface area contributed by atoms with Crippen LogP contribution in [0.2, 0.25) is 0 Å². The van der Waals surface area contributed by atoms with Gasteiger partial charge in [-0.15, -0.1) is 0 Å². The van der Waals surface area contributed by atoms with E-state index in [0.29, 0.717) is 12.5 Å². The van der Waals surface area contributed by atoms with Crippen LogP contribution in [0.3, 0.4) is 0 Å². The van der Waals surface area contributed by atoms with E-state index in [4.69, 9.17) is 5.11 Å². The highest BCUT2D eigenvalue weighted by Gasteiger charge is 2.10. The summed E-state index contributed by atoms with van der Waals surface area (Å²) >= 11 is 1.90. The topological polar surface area (TPSA) is 23.5 Å². The Kier molecular flexibility index (Phi) is 8.45. The second-order valence-corrected chi connectivity index (χ2v) is 5.96. The van der Waals surface area contributed by atoms with Crippen molar-refractivity contribution in [2.45, 2.75) is 32.4 Å². The fourth-order valence-corrected chi connectivity index (χ4v) is 2.50. The molecule has 110 valence electrons. The smallest absolute Gasteiger partial charge is 0.0540 e. The maximum absolute atomic E-state index is 8.80. The first-order valence-corrected chi connectivity index (χ1v) is 8.45. The van der Waals surface area contributed by atoms with E-state index in [0.717, 1.165) is 12.1 Å². The van der Waals surface area contributed by atoms with Crippen LogP contribution in [0.25, 0.3) is 0 Å². The zero-order valence-corrected chi connectivity index (χ0v) is 13.5. The Morgan fingerprint density at radius 3 is 2.80 bits per heavy atom. The van der Waals surface area contributed by atoms with E-state index in [1.807, 2.05) is 17.8 Å². The minimum atomic E-state index is 0.126. The summed E-state index contributed by atoms with van der Waals surface area (Å²) in [5.74, 6) is 7.37. The molecule has 0 heterocycles. The molecule has 0 amide bonds. The van der Waals surface area contributed by atoms with Gasteiger partial charge in [0.25, 0.3) is 0 Å². The minimum absolute atomic E-state index is 0.126. The van der Waals surface area contributed by atoms with E-state index in [9.17, 15) is 0 Å². The molecule has 1 unspecified atom stereocenters. The fraction of sp³-hybridized carbons (Fsp3) is 0.529. The monoisotopic (exact) mass is 291 g/mol. The fourth-order valence-electron chi connectivity index (χ4n) is 1.93. The molecule has 0 radical (unpaired) electrons. The Bertz CT molecular complexity index is 450. The van der Waals surface area contributed by atoms with Crippen LogP contribution in [-0.2, 0) is 6.54 Å². The molecule has 1 aromatic rings. The lowest BCUT2D eigenvalue weighted by molar-refractivity contribution is 0.245. The summed E-state index contributed by atoms with van der Waals surface area (Å²) in [6.07, 6.45) is 3.89. The van der Waals surface area contributed by atoms with Crippen molar-refractivity contribution < 1.29 is 5.11 Å². The molecule has 0 aliphatic carbocycles. The lowest BCUT2D eigenvalue weighted by atomic mass is 10.1. The van der Waals surface area contributed by atoms with Crippen molar-refractivity contribution in [3.05, 3.63) is 35.4 Å². The zero-order valence-electron chi connectivity index (χ0n) is 12.7. The number of hydrogen-bond acceptors (Lipinski definition) is 3. The Morgan fingerprint density at radius 1 is 1.35 bits per heavy atom. The Morgan fingerprint density at radius 2 is 2.10 bits per heavy atom. The summed E-state index contributed by atoms with van der Waals surface area (Å²) < 4.78 is 0. The third-order valence-corrected chi connectivity index (χ3v) is 4.03. The maximum Gasteiger partial charge on any atom is 0.0540 e. The van der Waals surface area contributed by atoms with Crippen molar-refractivity contribution in [2.24, 2.45) is 0 Å². The van der Waals surface area contributed by atoms with Gasteiger partial charge < -0.3 is 5.11 Å². The first kappa shape index (κ1) is 17.1. The SMILES string of the molecule is CSCCC(C)N(C)Cc1ccccc1C#CCCO. The quantitative estimate of drug-likeness (QED) is 0.781. The van der Waals surface area contributed by atoms with Crippen LogP contribution in [0.5, 0.6) is 0 Å². The van der Waals surface area contributed by atoms with Crippen LogP contribution in [-0.4, -0.2) is 41.7 Å². The molecule has 1 rings (SSSR count). The molecule has 1 aromatic carbocycles. The Hall–Kier alpha value is -0.950. The molecular weight excluding hydrogens is 266 g/mol. The van der Waals surface area contributed by atoms with Crippen LogP contribution < -0.4 is 0 Å². The second kappa shape index (κ2) is 9.88. The lowest BCUT2D eigenvalue weighted by Gasteiger charge is -2.25. The summed E-state index contributed by atoms with van der Waals surface area (Å²) in [5, 5.41) is 8.80. The molecule has 0 aliphatic rings. The highest BCUT2D eigenvalue weighted by molar-refractivity contribution is 7.98. The number of benzene rings is 1. The van der Waals surface area contributed by atoms with Crippen molar-refractivity contribution in [2.75, 3.05) is 25.7 Å². The van der Waals surface area contributed by atoms with Gasteiger partial charge >= 0.3 is 0 Å². The van der Waals surface area contributed by atoms with Crippen molar-refractivity contribution in [3.8, 4) is 11.8 Å². The molecule has 1 N–H and O–H groups in total. The number of rotatable bonds is 7. The van der Waals surface area contributed by atoms with Gasteiger partial charge in [-0.1, -0.05) is 30.0 Å². The van der Waals surface area contributed by atoms with Gasteiger partial charge in [-0.05, 0) is 44.0 Å². The molecule has 0 saturated carbocycles. The van der Waals surface area contributed by atoms with E-state index >= 15 is 0 Å². The average molecular weight is 291 g/mol. The molecule has 0 fully saturated rings. The van der Waals surface area contributed by atoms with Crippen LogP contribution in [0.4, 0.5) is 0 Å². The average Bonchev–Trinajstić information content (AvgIpc) is 2.46. The Labute approximate surface area is 127 Å². The number of thioether (sulfide) groups is 1. The van der Waals surface area contributed by atoms with Gasteiger partial charge in [-0.25, -0.2) is 0 Å². The van der Waals surface area contributed by atoms with Gasteiger partial charge in [0, 0.05) is 24.6 Å². The highest BCUT2D eigenvalue weighted by atomic mass is 32.2. The highest BCUT2D eigenvalue weighted by Crippen LogP contribution is 2.14. The van der Waals surface area contributed by atoms with Crippen LogP contribution in [0.15, 0.2) is 24.3 Å². The first-order valence-electron chi connectivity index (χ1n) is 7.05. The minimum Gasteiger partial charge on any atom is -0.395 e. The summed E-state index contributed by atoms with van der Waals surface area (Å²) in [6.45, 7) is 3.32. The molecule has 0 aliphatic heterocycles. The third kappa shape index (κ3) is 6.00. The predicted molar refractivity (Wildman–Crippen MR) is 89.0 cm³/mol. The third-order valence-electron chi connectivity index (χ3n) is 3.39. The largest absolute Gasteiger partial charge is 0.395 e. The number of nitrogens with zero attached hydrogens (tertiary/aromatic N) is 1. The lowest BCUT2D eigenvalue weighted by Crippen LogP contribution is -2.29. The van der Waals surface area contributed by atoms with Gasteiger partial charge in [0.05, 0.1) is 6.61 Å². The van der Waals surface area contributed by atoms with E-state index in [2.05, 4.69) is 55.2 Å². The first-order chi connectivity index (χ1) is 9.69. The van der Waals surface area contributed by atoms with Crippen molar-refractivity contribution in [1.82, 2.24) is 4.90 Å². The van der Waals surface area contributed by atoms with Crippen molar-refractivity contribution in [1.29, 1.82) is 0 Å².